The van der Waals surface area contributed by atoms with Gasteiger partial charge in [-0.3, -0.25) is 0 Å². The van der Waals surface area contributed by atoms with Crippen LogP contribution in [0.1, 0.15) is 98.3 Å². The third-order valence-electron chi connectivity index (χ3n) is 10.9. The topological polar surface area (TPSA) is 0 Å². The highest BCUT2D eigenvalue weighted by atomic mass is 14.7. The van der Waals surface area contributed by atoms with Crippen LogP contribution in [0.25, 0.3) is 0 Å². The molecule has 0 nitrogen and oxygen atoms in total. The Morgan fingerprint density at radius 2 is 1.56 bits per heavy atom. The highest BCUT2D eigenvalue weighted by molar-refractivity contribution is 5.18. The monoisotopic (exact) mass is 366 g/mol. The zero-order valence-electron chi connectivity index (χ0n) is 18.4. The van der Waals surface area contributed by atoms with Crippen molar-refractivity contribution in [2.75, 3.05) is 0 Å². The molecule has 0 heteroatoms. The van der Waals surface area contributed by atoms with Gasteiger partial charge in [0.05, 0.1) is 0 Å². The summed E-state index contributed by atoms with van der Waals surface area (Å²) in [7, 11) is 0. The van der Waals surface area contributed by atoms with E-state index in [9.17, 15) is 0 Å². The fourth-order valence-electron chi connectivity index (χ4n) is 9.62. The first-order valence-electron chi connectivity index (χ1n) is 12.2. The van der Waals surface area contributed by atoms with Gasteiger partial charge < -0.3 is 0 Å². The second-order valence-corrected chi connectivity index (χ2v) is 12.4. The van der Waals surface area contributed by atoms with Gasteiger partial charge in [0.25, 0.3) is 0 Å². The highest BCUT2D eigenvalue weighted by Crippen LogP contribution is 2.73. The molecular formula is C27H42. The molecule has 27 heavy (non-hydrogen) atoms. The molecule has 0 saturated heterocycles. The van der Waals surface area contributed by atoms with E-state index in [1.165, 1.54) is 44.1 Å². The standard InChI is InChI=1S/C27H42/c1-6-18(2)22-11-12-23-21-10-9-20-17-25(3,4)15-16-27(20,19-7-8-19)24(21)13-14-26(22,23)5/h19-24H,1,7-17H2,2-5H3/t20?,21?,22?,23-,24-,26?,27?/m0/s1. The minimum Gasteiger partial charge on any atom is -0.130 e. The summed E-state index contributed by atoms with van der Waals surface area (Å²) in [6.45, 7) is 14.1. The maximum atomic E-state index is 4.00. The van der Waals surface area contributed by atoms with Gasteiger partial charge in [-0.15, -0.1) is 5.73 Å². The Kier molecular flexibility index (Phi) is 4.13. The van der Waals surface area contributed by atoms with E-state index in [2.05, 4.69) is 40.0 Å². The molecule has 150 valence electrons. The molecule has 0 aromatic heterocycles. The second-order valence-electron chi connectivity index (χ2n) is 12.4. The predicted octanol–water partition coefficient (Wildman–Crippen LogP) is 7.79. The first-order valence-corrected chi connectivity index (χ1v) is 12.2. The lowest BCUT2D eigenvalue weighted by molar-refractivity contribution is -0.145. The number of allylic oxidation sites excluding steroid dienone is 1. The first kappa shape index (κ1) is 18.5. The van der Waals surface area contributed by atoms with Gasteiger partial charge in [0.15, 0.2) is 0 Å². The van der Waals surface area contributed by atoms with Gasteiger partial charge in [0, 0.05) is 0 Å². The fraction of sp³-hybridized carbons (Fsp3) is 0.889. The summed E-state index contributed by atoms with van der Waals surface area (Å²) in [6.07, 6.45) is 16.7. The van der Waals surface area contributed by atoms with Crippen LogP contribution in [0.15, 0.2) is 17.9 Å². The minimum absolute atomic E-state index is 0.543. The van der Waals surface area contributed by atoms with Gasteiger partial charge in [0.1, 0.15) is 0 Å². The maximum Gasteiger partial charge on any atom is -0.00733 e. The van der Waals surface area contributed by atoms with E-state index < -0.39 is 0 Å². The summed E-state index contributed by atoms with van der Waals surface area (Å²) in [4.78, 5) is 0. The number of fused-ring (bicyclic) bond motifs is 5. The van der Waals surface area contributed by atoms with Gasteiger partial charge in [-0.05, 0) is 135 Å². The van der Waals surface area contributed by atoms with Crippen LogP contribution in [0.4, 0.5) is 0 Å². The normalized spacial score (nSPS) is 50.9. The summed E-state index contributed by atoms with van der Waals surface area (Å²) in [5, 5.41) is 0. The van der Waals surface area contributed by atoms with Crippen molar-refractivity contribution in [3.63, 3.8) is 0 Å². The molecule has 0 amide bonds. The predicted molar refractivity (Wildman–Crippen MR) is 114 cm³/mol. The van der Waals surface area contributed by atoms with Crippen LogP contribution >= 0.6 is 0 Å². The van der Waals surface area contributed by atoms with Crippen molar-refractivity contribution in [1.82, 2.24) is 0 Å². The lowest BCUT2D eigenvalue weighted by Crippen LogP contribution is -2.56. The molecule has 0 aromatic rings. The molecule has 0 N–H and O–H groups in total. The molecule has 5 aliphatic rings. The number of hydrogen-bond donors (Lipinski definition) is 0. The Hall–Kier alpha value is -0.480. The average Bonchev–Trinajstić information content (AvgIpc) is 3.42. The van der Waals surface area contributed by atoms with Crippen molar-refractivity contribution >= 4 is 0 Å². The Morgan fingerprint density at radius 1 is 0.815 bits per heavy atom. The smallest absolute Gasteiger partial charge is 0.00733 e. The van der Waals surface area contributed by atoms with Crippen molar-refractivity contribution in [3.8, 4) is 0 Å². The van der Waals surface area contributed by atoms with E-state index in [4.69, 9.17) is 0 Å². The third-order valence-corrected chi connectivity index (χ3v) is 10.9. The Balaban J connectivity index is 1.48. The fourth-order valence-corrected chi connectivity index (χ4v) is 9.62. The molecule has 5 fully saturated rings. The van der Waals surface area contributed by atoms with Crippen LogP contribution < -0.4 is 0 Å². The summed E-state index contributed by atoms with van der Waals surface area (Å²) in [5.41, 5.74) is 6.65. The van der Waals surface area contributed by atoms with E-state index in [-0.39, 0.29) is 0 Å². The minimum atomic E-state index is 0.543. The number of rotatable bonds is 2. The SMILES string of the molecule is C=C=C(C)C1CC[C@H]2C3CCC4CC(C)(C)CCC4(C4CC4)[C@H]3CCC12C. The van der Waals surface area contributed by atoms with Crippen LogP contribution in [0, 0.1) is 51.8 Å². The molecule has 0 aliphatic heterocycles. The Labute approximate surface area is 168 Å². The number of hydrogen-bond acceptors (Lipinski definition) is 0. The molecule has 7 atom stereocenters. The summed E-state index contributed by atoms with van der Waals surface area (Å²) >= 11 is 0. The molecule has 0 bridgehead atoms. The summed E-state index contributed by atoms with van der Waals surface area (Å²) in [6, 6.07) is 0. The quantitative estimate of drug-likeness (QED) is 0.437. The molecular weight excluding hydrogens is 324 g/mol. The first-order chi connectivity index (χ1) is 12.8. The second kappa shape index (κ2) is 6.01. The van der Waals surface area contributed by atoms with Crippen LogP contribution in [-0.2, 0) is 0 Å². The molecule has 5 unspecified atom stereocenters. The van der Waals surface area contributed by atoms with Crippen molar-refractivity contribution < 1.29 is 0 Å². The molecule has 0 heterocycles. The average molecular weight is 367 g/mol. The van der Waals surface area contributed by atoms with Crippen LogP contribution in [-0.4, -0.2) is 0 Å². The van der Waals surface area contributed by atoms with E-state index in [1.54, 1.807) is 32.1 Å². The lowest BCUT2D eigenvalue weighted by Gasteiger charge is -2.64. The van der Waals surface area contributed by atoms with E-state index in [0.717, 1.165) is 40.9 Å². The largest absolute Gasteiger partial charge is 0.130 e. The summed E-state index contributed by atoms with van der Waals surface area (Å²) in [5.74, 6) is 5.99. The van der Waals surface area contributed by atoms with Crippen molar-refractivity contribution in [3.05, 3.63) is 17.9 Å². The van der Waals surface area contributed by atoms with Gasteiger partial charge in [-0.2, -0.15) is 0 Å². The molecule has 5 rings (SSSR count). The Morgan fingerprint density at radius 3 is 2.26 bits per heavy atom. The molecule has 5 saturated carbocycles. The molecule has 0 spiro atoms. The molecule has 0 aromatic carbocycles. The van der Waals surface area contributed by atoms with Gasteiger partial charge in [-0.1, -0.05) is 27.4 Å². The lowest BCUT2D eigenvalue weighted by atomic mass is 9.41. The molecule has 5 aliphatic carbocycles. The van der Waals surface area contributed by atoms with Crippen molar-refractivity contribution in [2.24, 2.45) is 51.8 Å². The van der Waals surface area contributed by atoms with E-state index in [0.29, 0.717) is 10.8 Å². The van der Waals surface area contributed by atoms with Crippen molar-refractivity contribution in [2.45, 2.75) is 98.3 Å². The Bertz CT molecular complexity index is 660. The van der Waals surface area contributed by atoms with E-state index in [1.807, 2.05) is 0 Å². The van der Waals surface area contributed by atoms with Crippen LogP contribution in [0.5, 0.6) is 0 Å². The summed E-state index contributed by atoms with van der Waals surface area (Å²) < 4.78 is 0. The van der Waals surface area contributed by atoms with E-state index >= 15 is 0 Å². The van der Waals surface area contributed by atoms with Crippen LogP contribution in [0.2, 0.25) is 0 Å². The highest BCUT2D eigenvalue weighted by Gasteiger charge is 2.65. The molecule has 0 radical (unpaired) electrons. The zero-order chi connectivity index (χ0) is 19.0. The van der Waals surface area contributed by atoms with Crippen LogP contribution in [0.3, 0.4) is 0 Å². The van der Waals surface area contributed by atoms with Gasteiger partial charge in [-0.25, -0.2) is 0 Å². The third kappa shape index (κ3) is 2.54. The van der Waals surface area contributed by atoms with Crippen molar-refractivity contribution in [1.29, 1.82) is 0 Å². The zero-order valence-corrected chi connectivity index (χ0v) is 18.4. The van der Waals surface area contributed by atoms with Gasteiger partial charge in [0.2, 0.25) is 0 Å². The maximum absolute atomic E-state index is 4.00. The van der Waals surface area contributed by atoms with Gasteiger partial charge >= 0.3 is 0 Å².